The van der Waals surface area contributed by atoms with Crippen LogP contribution in [0.5, 0.6) is 5.75 Å². The summed E-state index contributed by atoms with van der Waals surface area (Å²) in [5, 5.41) is 32.7. The average Bonchev–Trinajstić information content (AvgIpc) is 3.38. The second-order valence-electron chi connectivity index (χ2n) is 9.28. The van der Waals surface area contributed by atoms with Crippen LogP contribution in [-0.2, 0) is 22.2 Å². The SMILES string of the molecule is COc1ccc(Cn2nnc(-c3c(-c4ccc(C5(O)CCNCC5N)cc4)cccc3S(N)(=O)=O)n2)cc1. The zero-order valence-electron chi connectivity index (χ0n) is 20.8. The smallest absolute Gasteiger partial charge is 0.238 e. The highest BCUT2D eigenvalue weighted by molar-refractivity contribution is 7.89. The van der Waals surface area contributed by atoms with Crippen molar-refractivity contribution >= 4 is 10.0 Å². The molecule has 38 heavy (non-hydrogen) atoms. The van der Waals surface area contributed by atoms with Crippen LogP contribution in [0.2, 0.25) is 0 Å². The number of methoxy groups -OCH3 is 1. The maximum absolute atomic E-state index is 12.5. The number of primary sulfonamides is 1. The predicted octanol–water partition coefficient (Wildman–Crippen LogP) is 1.22. The van der Waals surface area contributed by atoms with Crippen molar-refractivity contribution in [3.8, 4) is 28.3 Å². The van der Waals surface area contributed by atoms with Gasteiger partial charge in [0.1, 0.15) is 11.4 Å². The van der Waals surface area contributed by atoms with Crippen molar-refractivity contribution in [2.24, 2.45) is 10.9 Å². The first-order valence-electron chi connectivity index (χ1n) is 12.1. The second kappa shape index (κ2) is 10.2. The van der Waals surface area contributed by atoms with Crippen molar-refractivity contribution in [2.45, 2.75) is 29.5 Å². The van der Waals surface area contributed by atoms with E-state index in [9.17, 15) is 13.5 Å². The summed E-state index contributed by atoms with van der Waals surface area (Å²) < 4.78 is 30.3. The molecule has 1 aliphatic heterocycles. The van der Waals surface area contributed by atoms with Crippen LogP contribution >= 0.6 is 0 Å². The topological polar surface area (TPSA) is 171 Å². The third kappa shape index (κ3) is 5.04. The van der Waals surface area contributed by atoms with E-state index in [1.54, 1.807) is 19.2 Å². The Kier molecular flexibility index (Phi) is 6.99. The Labute approximate surface area is 220 Å². The molecule has 11 nitrogen and oxygen atoms in total. The standard InChI is InChI=1S/C26H29N7O4S/c1-37-20-11-5-17(6-12-20)16-33-31-25(30-32-33)24-21(3-2-4-22(24)38(28,35)36)18-7-9-19(10-8-18)26(34)13-14-29-15-23(26)27/h2-12,23,29,34H,13-16,27H2,1H3,(H2,28,35,36). The molecule has 3 aromatic carbocycles. The summed E-state index contributed by atoms with van der Waals surface area (Å²) in [7, 11) is -2.51. The first-order chi connectivity index (χ1) is 18.2. The van der Waals surface area contributed by atoms with Gasteiger partial charge in [0.15, 0.2) is 0 Å². The first-order valence-corrected chi connectivity index (χ1v) is 13.6. The minimum Gasteiger partial charge on any atom is -0.497 e. The average molecular weight is 536 g/mol. The number of aliphatic hydroxyl groups is 1. The number of piperidine rings is 1. The Balaban J connectivity index is 1.53. The van der Waals surface area contributed by atoms with Crippen LogP contribution in [-0.4, -0.2) is 60.0 Å². The number of sulfonamides is 1. The summed E-state index contributed by atoms with van der Waals surface area (Å²) in [5.41, 5.74) is 8.19. The van der Waals surface area contributed by atoms with E-state index < -0.39 is 21.7 Å². The number of aromatic nitrogens is 4. The Morgan fingerprint density at radius 2 is 1.87 bits per heavy atom. The Hall–Kier alpha value is -3.68. The lowest BCUT2D eigenvalue weighted by Gasteiger charge is -2.38. The molecule has 0 amide bonds. The quantitative estimate of drug-likeness (QED) is 0.271. The number of benzene rings is 3. The molecular weight excluding hydrogens is 506 g/mol. The van der Waals surface area contributed by atoms with Crippen LogP contribution in [0.3, 0.4) is 0 Å². The monoisotopic (exact) mass is 535 g/mol. The normalized spacial score (nSPS) is 19.8. The molecule has 6 N–H and O–H groups in total. The van der Waals surface area contributed by atoms with E-state index in [1.807, 2.05) is 48.5 Å². The number of ether oxygens (including phenoxy) is 1. The maximum atomic E-state index is 12.5. The molecule has 5 rings (SSSR count). The van der Waals surface area contributed by atoms with Crippen LogP contribution in [0.4, 0.5) is 0 Å². The van der Waals surface area contributed by atoms with Gasteiger partial charge in [-0.3, -0.25) is 0 Å². The molecule has 2 atom stereocenters. The molecule has 0 bridgehead atoms. The fourth-order valence-corrected chi connectivity index (χ4v) is 5.49. The van der Waals surface area contributed by atoms with Crippen LogP contribution < -0.4 is 20.9 Å². The fraction of sp³-hybridized carbons (Fsp3) is 0.269. The molecular formula is C26H29N7O4S. The third-order valence-corrected chi connectivity index (χ3v) is 7.80. The molecule has 0 spiro atoms. The molecule has 198 valence electrons. The zero-order chi connectivity index (χ0) is 26.9. The number of nitrogens with zero attached hydrogens (tertiary/aromatic N) is 4. The highest BCUT2D eigenvalue weighted by Gasteiger charge is 2.38. The summed E-state index contributed by atoms with van der Waals surface area (Å²) in [6.07, 6.45) is 0.487. The summed E-state index contributed by atoms with van der Waals surface area (Å²) >= 11 is 0. The summed E-state index contributed by atoms with van der Waals surface area (Å²) in [5.74, 6) is 0.856. The molecule has 1 fully saturated rings. The van der Waals surface area contributed by atoms with Gasteiger partial charge in [-0.1, -0.05) is 48.5 Å². The summed E-state index contributed by atoms with van der Waals surface area (Å²) in [6.45, 7) is 1.49. The third-order valence-electron chi connectivity index (χ3n) is 6.85. The molecule has 4 aromatic rings. The lowest BCUT2D eigenvalue weighted by Crippen LogP contribution is -2.56. The van der Waals surface area contributed by atoms with Crippen molar-refractivity contribution in [3.63, 3.8) is 0 Å². The van der Waals surface area contributed by atoms with Crippen molar-refractivity contribution in [3.05, 3.63) is 77.9 Å². The number of hydrogen-bond donors (Lipinski definition) is 4. The van der Waals surface area contributed by atoms with Crippen molar-refractivity contribution in [1.29, 1.82) is 0 Å². The van der Waals surface area contributed by atoms with Gasteiger partial charge in [-0.2, -0.15) is 4.80 Å². The molecule has 12 heteroatoms. The van der Waals surface area contributed by atoms with Gasteiger partial charge in [-0.15, -0.1) is 10.2 Å². The highest BCUT2D eigenvalue weighted by Crippen LogP contribution is 2.37. The van der Waals surface area contributed by atoms with Gasteiger partial charge in [-0.25, -0.2) is 13.6 Å². The Morgan fingerprint density at radius 3 is 2.53 bits per heavy atom. The Morgan fingerprint density at radius 1 is 1.13 bits per heavy atom. The molecule has 2 unspecified atom stereocenters. The second-order valence-corrected chi connectivity index (χ2v) is 10.8. The largest absolute Gasteiger partial charge is 0.497 e. The van der Waals surface area contributed by atoms with E-state index in [0.29, 0.717) is 42.7 Å². The Bertz CT molecular complexity index is 1540. The van der Waals surface area contributed by atoms with Gasteiger partial charge in [-0.05, 0) is 58.6 Å². The maximum Gasteiger partial charge on any atom is 0.238 e. The summed E-state index contributed by atoms with van der Waals surface area (Å²) in [4.78, 5) is 1.28. The molecule has 0 saturated carbocycles. The lowest BCUT2D eigenvalue weighted by molar-refractivity contribution is -0.0123. The molecule has 1 aromatic heterocycles. The van der Waals surface area contributed by atoms with E-state index in [2.05, 4.69) is 20.7 Å². The molecule has 1 saturated heterocycles. The van der Waals surface area contributed by atoms with E-state index in [1.165, 1.54) is 10.9 Å². The minimum atomic E-state index is -4.11. The van der Waals surface area contributed by atoms with Gasteiger partial charge in [0.05, 0.1) is 30.2 Å². The van der Waals surface area contributed by atoms with Crippen molar-refractivity contribution in [1.82, 2.24) is 25.5 Å². The van der Waals surface area contributed by atoms with E-state index >= 15 is 0 Å². The number of tetrazole rings is 1. The van der Waals surface area contributed by atoms with Gasteiger partial charge in [0, 0.05) is 6.54 Å². The molecule has 2 heterocycles. The zero-order valence-corrected chi connectivity index (χ0v) is 21.6. The van der Waals surface area contributed by atoms with Crippen LogP contribution in [0.1, 0.15) is 17.5 Å². The minimum absolute atomic E-state index is 0.109. The van der Waals surface area contributed by atoms with Gasteiger partial charge >= 0.3 is 0 Å². The number of nitrogens with one attached hydrogen (secondary N) is 1. The van der Waals surface area contributed by atoms with E-state index in [-0.39, 0.29) is 16.3 Å². The van der Waals surface area contributed by atoms with Crippen LogP contribution in [0.15, 0.2) is 71.6 Å². The summed E-state index contributed by atoms with van der Waals surface area (Å²) in [6, 6.07) is 19.0. The predicted molar refractivity (Wildman–Crippen MR) is 142 cm³/mol. The van der Waals surface area contributed by atoms with E-state index in [0.717, 1.165) is 11.3 Å². The van der Waals surface area contributed by atoms with Gasteiger partial charge in [0.25, 0.3) is 0 Å². The highest BCUT2D eigenvalue weighted by atomic mass is 32.2. The van der Waals surface area contributed by atoms with Crippen molar-refractivity contribution in [2.75, 3.05) is 20.2 Å². The van der Waals surface area contributed by atoms with Gasteiger partial charge < -0.3 is 20.9 Å². The fourth-order valence-electron chi connectivity index (χ4n) is 4.73. The van der Waals surface area contributed by atoms with E-state index in [4.69, 9.17) is 15.6 Å². The van der Waals surface area contributed by atoms with Crippen molar-refractivity contribution < 1.29 is 18.3 Å². The molecule has 1 aliphatic rings. The number of hydrogen-bond acceptors (Lipinski definition) is 9. The first kappa shape index (κ1) is 25.9. The van der Waals surface area contributed by atoms with Crippen LogP contribution in [0, 0.1) is 0 Å². The number of nitrogens with two attached hydrogens (primary N) is 2. The molecule has 0 radical (unpaired) electrons. The number of rotatable bonds is 7. The van der Waals surface area contributed by atoms with Crippen LogP contribution in [0.25, 0.3) is 22.5 Å². The molecule has 0 aliphatic carbocycles. The van der Waals surface area contributed by atoms with Gasteiger partial charge in [0.2, 0.25) is 15.8 Å². The lowest BCUT2D eigenvalue weighted by atomic mass is 9.81.